The van der Waals surface area contributed by atoms with E-state index in [9.17, 15) is 13.2 Å². The molecule has 2 aliphatic heterocycles. The van der Waals surface area contributed by atoms with Gasteiger partial charge in [0, 0.05) is 58.5 Å². The maximum absolute atomic E-state index is 13.3. The molecule has 1 atom stereocenters. The average Bonchev–Trinajstić information content (AvgIpc) is 2.67. The maximum atomic E-state index is 13.3. The van der Waals surface area contributed by atoms with Gasteiger partial charge in [-0.3, -0.25) is 4.79 Å². The minimum Gasteiger partial charge on any atom is -0.378 e. The lowest BCUT2D eigenvalue weighted by atomic mass is 10.1. The van der Waals surface area contributed by atoms with Gasteiger partial charge in [-0.25, -0.2) is 12.7 Å². The molecule has 0 bridgehead atoms. The van der Waals surface area contributed by atoms with Gasteiger partial charge in [0.25, 0.3) is 5.91 Å². The largest absolute Gasteiger partial charge is 0.378 e. The Labute approximate surface area is 161 Å². The quantitative estimate of drug-likeness (QED) is 0.783. The molecule has 1 aromatic carbocycles. The van der Waals surface area contributed by atoms with E-state index >= 15 is 0 Å². The maximum Gasteiger partial charge on any atom is 0.256 e. The van der Waals surface area contributed by atoms with Crippen molar-refractivity contribution < 1.29 is 17.9 Å². The van der Waals surface area contributed by atoms with Crippen LogP contribution < -0.4 is 10.2 Å². The third-order valence-corrected chi connectivity index (χ3v) is 6.80. The minimum atomic E-state index is -3.61. The minimum absolute atomic E-state index is 0.124. The highest BCUT2D eigenvalue weighted by molar-refractivity contribution is 7.89. The Balaban J connectivity index is 2.02. The molecular formula is C18H28N4O4S. The molecule has 0 spiro atoms. The second-order valence-corrected chi connectivity index (χ2v) is 9.32. The Kier molecular flexibility index (Phi) is 6.05. The molecular weight excluding hydrogens is 368 g/mol. The number of sulfonamides is 1. The molecule has 2 heterocycles. The number of anilines is 1. The third kappa shape index (κ3) is 4.26. The second kappa shape index (κ2) is 8.14. The lowest BCUT2D eigenvalue weighted by Gasteiger charge is -2.35. The molecule has 150 valence electrons. The summed E-state index contributed by atoms with van der Waals surface area (Å²) in [7, 11) is -0.633. The molecule has 2 fully saturated rings. The third-order valence-electron chi connectivity index (χ3n) is 4.98. The molecule has 0 aromatic heterocycles. The summed E-state index contributed by atoms with van der Waals surface area (Å²) in [5.41, 5.74) is 1.21. The summed E-state index contributed by atoms with van der Waals surface area (Å²) >= 11 is 0. The molecule has 27 heavy (non-hydrogen) atoms. The van der Waals surface area contributed by atoms with E-state index in [1.807, 2.05) is 6.92 Å². The zero-order chi connectivity index (χ0) is 19.6. The Morgan fingerprint density at radius 3 is 2.56 bits per heavy atom. The highest BCUT2D eigenvalue weighted by Crippen LogP contribution is 2.27. The molecule has 1 unspecified atom stereocenters. The number of hydrogen-bond donors (Lipinski definition) is 1. The summed E-state index contributed by atoms with van der Waals surface area (Å²) in [6, 6.07) is 5.07. The molecule has 0 saturated carbocycles. The Bertz CT molecular complexity index is 791. The normalized spacial score (nSPS) is 21.6. The summed E-state index contributed by atoms with van der Waals surface area (Å²) in [5, 5.41) is 3.32. The first-order valence-electron chi connectivity index (χ1n) is 9.22. The predicted octanol–water partition coefficient (Wildman–Crippen LogP) is 0.207. The fourth-order valence-electron chi connectivity index (χ4n) is 3.42. The number of carbonyl (C=O) groups excluding carboxylic acids is 1. The second-order valence-electron chi connectivity index (χ2n) is 7.17. The number of nitrogens with zero attached hydrogens (tertiary/aromatic N) is 3. The molecule has 0 radical (unpaired) electrons. The van der Waals surface area contributed by atoms with Gasteiger partial charge in [-0.15, -0.1) is 0 Å². The number of nitrogens with one attached hydrogen (secondary N) is 1. The highest BCUT2D eigenvalue weighted by atomic mass is 32.2. The number of rotatable bonds is 4. The lowest BCUT2D eigenvalue weighted by Crippen LogP contribution is -2.51. The van der Waals surface area contributed by atoms with Crippen molar-refractivity contribution >= 4 is 21.6 Å². The average molecular weight is 397 g/mol. The Morgan fingerprint density at radius 2 is 1.93 bits per heavy atom. The first-order chi connectivity index (χ1) is 12.8. The van der Waals surface area contributed by atoms with E-state index in [1.54, 1.807) is 17.0 Å². The lowest BCUT2D eigenvalue weighted by molar-refractivity contribution is 0.0708. The highest BCUT2D eigenvalue weighted by Gasteiger charge is 2.28. The number of piperazine rings is 1. The van der Waals surface area contributed by atoms with Crippen LogP contribution in [0.2, 0.25) is 0 Å². The summed E-state index contributed by atoms with van der Waals surface area (Å²) < 4.78 is 31.7. The van der Waals surface area contributed by atoms with Gasteiger partial charge in [0.2, 0.25) is 10.0 Å². The Hall–Kier alpha value is -1.68. The molecule has 1 N–H and O–H groups in total. The number of benzene rings is 1. The van der Waals surface area contributed by atoms with Crippen molar-refractivity contribution in [3.05, 3.63) is 23.8 Å². The van der Waals surface area contributed by atoms with Crippen molar-refractivity contribution in [2.45, 2.75) is 17.9 Å². The van der Waals surface area contributed by atoms with Crippen LogP contribution in [0.25, 0.3) is 0 Å². The topological polar surface area (TPSA) is 82.2 Å². The van der Waals surface area contributed by atoms with Gasteiger partial charge >= 0.3 is 0 Å². The van der Waals surface area contributed by atoms with Crippen molar-refractivity contribution in [2.24, 2.45) is 0 Å². The molecule has 1 aromatic rings. The fraction of sp³-hybridized carbons (Fsp3) is 0.611. The molecule has 3 rings (SSSR count). The summed E-state index contributed by atoms with van der Waals surface area (Å²) in [4.78, 5) is 17.3. The van der Waals surface area contributed by atoms with Crippen LogP contribution in [0.4, 0.5) is 5.69 Å². The van der Waals surface area contributed by atoms with Gasteiger partial charge in [0.1, 0.15) is 0 Å². The zero-order valence-electron chi connectivity index (χ0n) is 16.1. The van der Waals surface area contributed by atoms with Crippen molar-refractivity contribution in [1.29, 1.82) is 0 Å². The monoisotopic (exact) mass is 396 g/mol. The van der Waals surface area contributed by atoms with Crippen molar-refractivity contribution in [3.63, 3.8) is 0 Å². The number of carbonyl (C=O) groups is 1. The van der Waals surface area contributed by atoms with Gasteiger partial charge in [-0.2, -0.15) is 0 Å². The van der Waals surface area contributed by atoms with Crippen LogP contribution in [0, 0.1) is 0 Å². The van der Waals surface area contributed by atoms with E-state index in [4.69, 9.17) is 4.74 Å². The van der Waals surface area contributed by atoms with Crippen LogP contribution in [0.15, 0.2) is 23.1 Å². The van der Waals surface area contributed by atoms with Crippen molar-refractivity contribution in [1.82, 2.24) is 14.5 Å². The molecule has 1 amide bonds. The summed E-state index contributed by atoms with van der Waals surface area (Å²) in [5.74, 6) is -0.124. The summed E-state index contributed by atoms with van der Waals surface area (Å²) in [6.45, 7) is 6.52. The summed E-state index contributed by atoms with van der Waals surface area (Å²) in [6.07, 6.45) is 0. The van der Waals surface area contributed by atoms with Crippen LogP contribution in [0.3, 0.4) is 0 Å². The van der Waals surface area contributed by atoms with E-state index in [0.29, 0.717) is 45.0 Å². The van der Waals surface area contributed by atoms with Gasteiger partial charge in [-0.1, -0.05) is 0 Å². The number of amides is 1. The molecule has 2 saturated heterocycles. The molecule has 8 nitrogen and oxygen atoms in total. The van der Waals surface area contributed by atoms with Gasteiger partial charge in [-0.05, 0) is 25.1 Å². The molecule has 2 aliphatic rings. The van der Waals surface area contributed by atoms with E-state index in [-0.39, 0.29) is 16.8 Å². The van der Waals surface area contributed by atoms with Crippen LogP contribution in [-0.2, 0) is 14.8 Å². The smallest absolute Gasteiger partial charge is 0.256 e. The SMILES string of the molecule is CC1CN(C(=O)c2cc(S(=O)(=O)N(C)C)ccc2N2CCOCC2)CCN1. The Morgan fingerprint density at radius 1 is 1.22 bits per heavy atom. The zero-order valence-corrected chi connectivity index (χ0v) is 17.0. The number of hydrogen-bond acceptors (Lipinski definition) is 6. The molecule has 9 heteroatoms. The van der Waals surface area contributed by atoms with Crippen LogP contribution in [-0.4, -0.2) is 89.6 Å². The van der Waals surface area contributed by atoms with Crippen LogP contribution in [0.5, 0.6) is 0 Å². The first kappa shape index (κ1) is 20.1. The van der Waals surface area contributed by atoms with E-state index in [0.717, 1.165) is 16.5 Å². The molecule has 0 aliphatic carbocycles. The number of ether oxygens (including phenoxy) is 1. The number of morpholine rings is 1. The van der Waals surface area contributed by atoms with Crippen molar-refractivity contribution in [2.75, 3.05) is 64.9 Å². The predicted molar refractivity (Wildman–Crippen MR) is 104 cm³/mol. The standard InChI is InChI=1S/C18H28N4O4S/c1-14-13-22(7-6-19-14)18(23)16-12-15(27(24,25)20(2)3)4-5-17(16)21-8-10-26-11-9-21/h4-5,12,14,19H,6-11,13H2,1-3H3. The van der Waals surface area contributed by atoms with E-state index in [2.05, 4.69) is 10.2 Å². The van der Waals surface area contributed by atoms with Crippen LogP contribution in [0.1, 0.15) is 17.3 Å². The van der Waals surface area contributed by atoms with Gasteiger partial charge in [0.15, 0.2) is 0 Å². The van der Waals surface area contributed by atoms with Gasteiger partial charge in [0.05, 0.1) is 23.7 Å². The van der Waals surface area contributed by atoms with E-state index in [1.165, 1.54) is 20.2 Å². The van der Waals surface area contributed by atoms with Gasteiger partial charge < -0.3 is 19.9 Å². The van der Waals surface area contributed by atoms with Crippen molar-refractivity contribution in [3.8, 4) is 0 Å². The fourth-order valence-corrected chi connectivity index (χ4v) is 4.35. The van der Waals surface area contributed by atoms with E-state index < -0.39 is 10.0 Å². The first-order valence-corrected chi connectivity index (χ1v) is 10.7. The van der Waals surface area contributed by atoms with Crippen LogP contribution >= 0.6 is 0 Å².